The molecule has 0 atom stereocenters. The normalized spacial score (nSPS) is 11.0. The fourth-order valence-corrected chi connectivity index (χ4v) is 2.58. The SMILES string of the molecule is CCN(CC)c1ccc(/C=N/c2cc(Cl)c([N+](=O)[O-])cc2O)c(O)c1. The lowest BCUT2D eigenvalue weighted by Gasteiger charge is -2.21. The molecule has 2 N–H and O–H groups in total. The van der Waals surface area contributed by atoms with E-state index in [2.05, 4.69) is 9.89 Å². The third kappa shape index (κ3) is 4.19. The monoisotopic (exact) mass is 363 g/mol. The minimum absolute atomic E-state index is 0.0423. The van der Waals surface area contributed by atoms with Gasteiger partial charge in [0.25, 0.3) is 5.69 Å². The smallest absolute Gasteiger partial charge is 0.291 e. The summed E-state index contributed by atoms with van der Waals surface area (Å²) < 4.78 is 0. The highest BCUT2D eigenvalue weighted by Crippen LogP contribution is 2.36. The number of nitro groups is 1. The first-order valence-electron chi connectivity index (χ1n) is 7.66. The first-order valence-corrected chi connectivity index (χ1v) is 8.04. The Bertz CT molecular complexity index is 820. The highest BCUT2D eigenvalue weighted by atomic mass is 35.5. The van der Waals surface area contributed by atoms with Crippen molar-refractivity contribution >= 4 is 34.9 Å². The molecule has 0 aliphatic carbocycles. The van der Waals surface area contributed by atoms with Crippen molar-refractivity contribution in [2.75, 3.05) is 18.0 Å². The molecule has 25 heavy (non-hydrogen) atoms. The first-order chi connectivity index (χ1) is 11.9. The summed E-state index contributed by atoms with van der Waals surface area (Å²) in [6, 6.07) is 7.34. The summed E-state index contributed by atoms with van der Waals surface area (Å²) in [7, 11) is 0. The number of nitro benzene ring substituents is 1. The number of nitrogens with zero attached hydrogens (tertiary/aromatic N) is 3. The Morgan fingerprint density at radius 3 is 2.44 bits per heavy atom. The molecule has 0 saturated heterocycles. The average molecular weight is 364 g/mol. The highest BCUT2D eigenvalue weighted by molar-refractivity contribution is 6.33. The molecule has 0 fully saturated rings. The molecule has 0 unspecified atom stereocenters. The van der Waals surface area contributed by atoms with Crippen LogP contribution in [0.25, 0.3) is 0 Å². The number of hydrogen-bond donors (Lipinski definition) is 2. The summed E-state index contributed by atoms with van der Waals surface area (Å²) in [5.74, 6) is -0.327. The minimum Gasteiger partial charge on any atom is -0.507 e. The van der Waals surface area contributed by atoms with E-state index >= 15 is 0 Å². The van der Waals surface area contributed by atoms with Crippen LogP contribution in [0.5, 0.6) is 11.5 Å². The lowest BCUT2D eigenvalue weighted by atomic mass is 10.1. The standard InChI is InChI=1S/C17H18ClN3O4/c1-3-20(4-2)12-6-5-11(16(22)7-12)10-19-14-8-13(18)15(21(24)25)9-17(14)23/h5-10,22-23H,3-4H2,1-2H3/b19-10+. The number of phenols is 2. The van der Waals surface area contributed by atoms with E-state index in [1.165, 1.54) is 12.3 Å². The fraction of sp³-hybridized carbons (Fsp3) is 0.235. The van der Waals surface area contributed by atoms with E-state index in [9.17, 15) is 20.3 Å². The van der Waals surface area contributed by atoms with Gasteiger partial charge in [-0.3, -0.25) is 15.1 Å². The van der Waals surface area contributed by atoms with Gasteiger partial charge in [-0.1, -0.05) is 11.6 Å². The van der Waals surface area contributed by atoms with Crippen molar-refractivity contribution < 1.29 is 15.1 Å². The summed E-state index contributed by atoms with van der Waals surface area (Å²) in [6.07, 6.45) is 1.36. The van der Waals surface area contributed by atoms with Crippen LogP contribution in [0.1, 0.15) is 19.4 Å². The largest absolute Gasteiger partial charge is 0.507 e. The minimum atomic E-state index is -0.687. The second-order valence-corrected chi connectivity index (χ2v) is 5.63. The third-order valence-electron chi connectivity index (χ3n) is 3.73. The topological polar surface area (TPSA) is 99.2 Å². The predicted octanol–water partition coefficient (Wildman–Crippen LogP) is 4.26. The summed E-state index contributed by atoms with van der Waals surface area (Å²) in [6.45, 7) is 5.69. The van der Waals surface area contributed by atoms with E-state index in [4.69, 9.17) is 11.6 Å². The van der Waals surface area contributed by atoms with Crippen molar-refractivity contribution in [1.29, 1.82) is 0 Å². The molecule has 0 amide bonds. The number of hydrogen-bond acceptors (Lipinski definition) is 6. The zero-order valence-corrected chi connectivity index (χ0v) is 14.6. The van der Waals surface area contributed by atoms with Gasteiger partial charge >= 0.3 is 0 Å². The van der Waals surface area contributed by atoms with E-state index in [1.54, 1.807) is 12.1 Å². The maximum atomic E-state index is 10.8. The molecule has 132 valence electrons. The Hall–Kier alpha value is -2.80. The lowest BCUT2D eigenvalue weighted by Crippen LogP contribution is -2.21. The average Bonchev–Trinajstić information content (AvgIpc) is 2.57. The molecule has 0 aromatic heterocycles. The van der Waals surface area contributed by atoms with Crippen LogP contribution in [0.2, 0.25) is 5.02 Å². The van der Waals surface area contributed by atoms with Crippen molar-refractivity contribution in [3.05, 3.63) is 51.0 Å². The van der Waals surface area contributed by atoms with Gasteiger partial charge in [-0.05, 0) is 32.0 Å². The van der Waals surface area contributed by atoms with Crippen molar-refractivity contribution in [2.45, 2.75) is 13.8 Å². The maximum Gasteiger partial charge on any atom is 0.291 e. The Morgan fingerprint density at radius 2 is 1.88 bits per heavy atom. The molecule has 2 aromatic rings. The van der Waals surface area contributed by atoms with E-state index in [-0.39, 0.29) is 22.2 Å². The zero-order valence-electron chi connectivity index (χ0n) is 13.8. The van der Waals surface area contributed by atoms with Gasteiger partial charge in [-0.15, -0.1) is 0 Å². The number of anilines is 1. The molecule has 7 nitrogen and oxygen atoms in total. The van der Waals surface area contributed by atoms with E-state index in [0.717, 1.165) is 24.8 Å². The Kier molecular flexibility index (Phi) is 5.82. The van der Waals surface area contributed by atoms with Gasteiger partial charge in [0.2, 0.25) is 0 Å². The van der Waals surface area contributed by atoms with E-state index in [1.807, 2.05) is 19.9 Å². The molecule has 0 radical (unpaired) electrons. The number of halogens is 1. The van der Waals surface area contributed by atoms with Crippen molar-refractivity contribution in [3.63, 3.8) is 0 Å². The second kappa shape index (κ2) is 7.85. The molecule has 0 spiro atoms. The number of phenolic OH excluding ortho intramolecular Hbond substituents is 2. The number of aliphatic imine (C=N–C) groups is 1. The van der Waals surface area contributed by atoms with Crippen LogP contribution in [-0.2, 0) is 0 Å². The van der Waals surface area contributed by atoms with Crippen LogP contribution in [-0.4, -0.2) is 34.4 Å². The Balaban J connectivity index is 2.31. The van der Waals surface area contributed by atoms with Gasteiger partial charge in [0, 0.05) is 36.6 Å². The fourth-order valence-electron chi connectivity index (χ4n) is 2.35. The van der Waals surface area contributed by atoms with Gasteiger partial charge in [-0.25, -0.2) is 0 Å². The Morgan fingerprint density at radius 1 is 1.20 bits per heavy atom. The molecule has 0 heterocycles. The molecule has 0 aliphatic heterocycles. The molecule has 2 aromatic carbocycles. The van der Waals surface area contributed by atoms with Crippen LogP contribution in [0.4, 0.5) is 17.1 Å². The molecule has 8 heteroatoms. The van der Waals surface area contributed by atoms with Gasteiger partial charge in [-0.2, -0.15) is 0 Å². The van der Waals surface area contributed by atoms with E-state index < -0.39 is 10.6 Å². The van der Waals surface area contributed by atoms with Gasteiger partial charge < -0.3 is 15.1 Å². The van der Waals surface area contributed by atoms with Crippen LogP contribution in [0, 0.1) is 10.1 Å². The van der Waals surface area contributed by atoms with Gasteiger partial charge in [0.05, 0.1) is 11.0 Å². The maximum absolute atomic E-state index is 10.8. The Labute approximate surface area is 150 Å². The van der Waals surface area contributed by atoms with Gasteiger partial charge in [0.1, 0.15) is 22.2 Å². The van der Waals surface area contributed by atoms with E-state index in [0.29, 0.717) is 5.56 Å². The highest BCUT2D eigenvalue weighted by Gasteiger charge is 2.16. The molecular formula is C17H18ClN3O4. The number of aromatic hydroxyl groups is 2. The van der Waals surface area contributed by atoms with Gasteiger partial charge in [0.15, 0.2) is 0 Å². The van der Waals surface area contributed by atoms with Crippen LogP contribution >= 0.6 is 11.6 Å². The van der Waals surface area contributed by atoms with Crippen LogP contribution < -0.4 is 4.90 Å². The quantitative estimate of drug-likeness (QED) is 0.454. The van der Waals surface area contributed by atoms with Crippen molar-refractivity contribution in [2.24, 2.45) is 4.99 Å². The van der Waals surface area contributed by atoms with Crippen LogP contribution in [0.3, 0.4) is 0 Å². The summed E-state index contributed by atoms with van der Waals surface area (Å²) in [5.41, 5.74) is 1.01. The molecular weight excluding hydrogens is 346 g/mol. The number of benzene rings is 2. The molecule has 0 aliphatic rings. The van der Waals surface area contributed by atoms with Crippen LogP contribution in [0.15, 0.2) is 35.3 Å². The predicted molar refractivity (Wildman–Crippen MR) is 98.7 cm³/mol. The molecule has 2 rings (SSSR count). The second-order valence-electron chi connectivity index (χ2n) is 5.22. The molecule has 0 bridgehead atoms. The number of rotatable bonds is 6. The first kappa shape index (κ1) is 18.5. The van der Waals surface area contributed by atoms with Crippen molar-refractivity contribution in [1.82, 2.24) is 0 Å². The molecule has 0 saturated carbocycles. The van der Waals surface area contributed by atoms with Crippen molar-refractivity contribution in [3.8, 4) is 11.5 Å². The summed E-state index contributed by atoms with van der Waals surface area (Å²) in [4.78, 5) is 16.2. The third-order valence-corrected chi connectivity index (χ3v) is 4.03. The summed E-state index contributed by atoms with van der Waals surface area (Å²) >= 11 is 5.82. The summed E-state index contributed by atoms with van der Waals surface area (Å²) in [5, 5.41) is 30.7. The lowest BCUT2D eigenvalue weighted by molar-refractivity contribution is -0.384. The zero-order chi connectivity index (χ0) is 18.6.